The standard InChI is InChI=1S/C11H20N2O/c14-11(13-9-6-7-9)10-5-3-1-2-4-8-12-10/h9-10,12H,1-8H2,(H,13,14). The van der Waals surface area contributed by atoms with Crippen LogP contribution in [-0.4, -0.2) is 24.5 Å². The Kier molecular flexibility index (Phi) is 3.40. The maximum Gasteiger partial charge on any atom is 0.237 e. The van der Waals surface area contributed by atoms with Gasteiger partial charge in [0.25, 0.3) is 0 Å². The quantitative estimate of drug-likeness (QED) is 0.696. The molecule has 2 N–H and O–H groups in total. The first-order valence-corrected chi connectivity index (χ1v) is 5.90. The second-order valence-electron chi connectivity index (χ2n) is 4.49. The van der Waals surface area contributed by atoms with Crippen LogP contribution in [0.15, 0.2) is 0 Å². The van der Waals surface area contributed by atoms with E-state index < -0.39 is 0 Å². The molecule has 1 amide bonds. The monoisotopic (exact) mass is 196 g/mol. The predicted octanol–water partition coefficient (Wildman–Crippen LogP) is 1.19. The van der Waals surface area contributed by atoms with Crippen molar-refractivity contribution >= 4 is 5.91 Å². The summed E-state index contributed by atoms with van der Waals surface area (Å²) in [6.45, 7) is 1.00. The third-order valence-electron chi connectivity index (χ3n) is 3.05. The molecule has 0 spiro atoms. The topological polar surface area (TPSA) is 41.1 Å². The van der Waals surface area contributed by atoms with Gasteiger partial charge in [-0.1, -0.05) is 19.3 Å². The third kappa shape index (κ3) is 2.98. The van der Waals surface area contributed by atoms with Crippen molar-refractivity contribution in [3.63, 3.8) is 0 Å². The second kappa shape index (κ2) is 4.78. The summed E-state index contributed by atoms with van der Waals surface area (Å²) >= 11 is 0. The highest BCUT2D eigenvalue weighted by Gasteiger charge is 2.27. The summed E-state index contributed by atoms with van der Waals surface area (Å²) in [5, 5.41) is 6.41. The fraction of sp³-hybridized carbons (Fsp3) is 0.909. The summed E-state index contributed by atoms with van der Waals surface area (Å²) in [5.41, 5.74) is 0. The average Bonchev–Trinajstić information content (AvgIpc) is 2.86. The molecule has 1 atom stereocenters. The number of hydrogen-bond donors (Lipinski definition) is 2. The van der Waals surface area contributed by atoms with Crippen molar-refractivity contribution in [2.24, 2.45) is 0 Å². The van der Waals surface area contributed by atoms with E-state index in [1.165, 1.54) is 38.5 Å². The molecule has 0 aromatic carbocycles. The number of nitrogens with one attached hydrogen (secondary N) is 2. The Morgan fingerprint density at radius 3 is 2.64 bits per heavy atom. The van der Waals surface area contributed by atoms with Crippen LogP contribution < -0.4 is 10.6 Å². The first-order chi connectivity index (χ1) is 6.86. The van der Waals surface area contributed by atoms with E-state index in [0.717, 1.165) is 13.0 Å². The zero-order valence-corrected chi connectivity index (χ0v) is 8.72. The minimum absolute atomic E-state index is 0.0795. The van der Waals surface area contributed by atoms with Gasteiger partial charge in [-0.05, 0) is 32.2 Å². The van der Waals surface area contributed by atoms with E-state index in [1.54, 1.807) is 0 Å². The Hall–Kier alpha value is -0.570. The van der Waals surface area contributed by atoms with E-state index in [2.05, 4.69) is 10.6 Å². The first-order valence-electron chi connectivity index (χ1n) is 5.90. The average molecular weight is 196 g/mol. The first kappa shape index (κ1) is 9.97. The zero-order chi connectivity index (χ0) is 9.80. The molecule has 14 heavy (non-hydrogen) atoms. The van der Waals surface area contributed by atoms with Gasteiger partial charge >= 0.3 is 0 Å². The predicted molar refractivity (Wildman–Crippen MR) is 56.0 cm³/mol. The van der Waals surface area contributed by atoms with Gasteiger partial charge in [-0.2, -0.15) is 0 Å². The van der Waals surface area contributed by atoms with E-state index in [0.29, 0.717) is 6.04 Å². The van der Waals surface area contributed by atoms with Crippen molar-refractivity contribution < 1.29 is 4.79 Å². The van der Waals surface area contributed by atoms with Gasteiger partial charge < -0.3 is 10.6 Å². The van der Waals surface area contributed by atoms with Gasteiger partial charge in [0, 0.05) is 6.04 Å². The molecule has 1 saturated carbocycles. The molecule has 1 unspecified atom stereocenters. The molecule has 0 aromatic heterocycles. The minimum Gasteiger partial charge on any atom is -0.352 e. The van der Waals surface area contributed by atoms with Gasteiger partial charge in [-0.3, -0.25) is 4.79 Å². The lowest BCUT2D eigenvalue weighted by atomic mass is 10.0. The number of rotatable bonds is 2. The van der Waals surface area contributed by atoms with Crippen LogP contribution in [0, 0.1) is 0 Å². The van der Waals surface area contributed by atoms with E-state index >= 15 is 0 Å². The fourth-order valence-electron chi connectivity index (χ4n) is 1.96. The van der Waals surface area contributed by atoms with Gasteiger partial charge in [0.2, 0.25) is 5.91 Å². The molecule has 2 fully saturated rings. The molecule has 80 valence electrons. The molecule has 3 nitrogen and oxygen atoms in total. The zero-order valence-electron chi connectivity index (χ0n) is 8.72. The lowest BCUT2D eigenvalue weighted by Gasteiger charge is -2.20. The Balaban J connectivity index is 1.76. The van der Waals surface area contributed by atoms with Crippen molar-refractivity contribution in [2.45, 2.75) is 57.0 Å². The molecule has 1 heterocycles. The van der Waals surface area contributed by atoms with Gasteiger partial charge in [-0.25, -0.2) is 0 Å². The maximum absolute atomic E-state index is 11.7. The van der Waals surface area contributed by atoms with E-state index in [9.17, 15) is 4.79 Å². The second-order valence-corrected chi connectivity index (χ2v) is 4.49. The molecule has 1 saturated heterocycles. The van der Waals surface area contributed by atoms with Crippen molar-refractivity contribution in [2.75, 3.05) is 6.54 Å². The molecule has 0 aromatic rings. The highest BCUT2D eigenvalue weighted by molar-refractivity contribution is 5.82. The number of hydrogen-bond acceptors (Lipinski definition) is 2. The molecular formula is C11H20N2O. The Labute approximate surface area is 85.6 Å². The lowest BCUT2D eigenvalue weighted by Crippen LogP contribution is -2.45. The van der Waals surface area contributed by atoms with Crippen LogP contribution in [0.1, 0.15) is 44.9 Å². The molecular weight excluding hydrogens is 176 g/mol. The number of carbonyl (C=O) groups excluding carboxylic acids is 1. The summed E-state index contributed by atoms with van der Waals surface area (Å²) in [6.07, 6.45) is 8.37. The lowest BCUT2D eigenvalue weighted by molar-refractivity contribution is -0.123. The van der Waals surface area contributed by atoms with E-state index in [4.69, 9.17) is 0 Å². The number of carbonyl (C=O) groups is 1. The maximum atomic E-state index is 11.7. The molecule has 0 bridgehead atoms. The summed E-state index contributed by atoms with van der Waals surface area (Å²) in [4.78, 5) is 11.7. The molecule has 2 rings (SSSR count). The van der Waals surface area contributed by atoms with Crippen LogP contribution in [-0.2, 0) is 4.79 Å². The Bertz CT molecular complexity index is 193. The van der Waals surface area contributed by atoms with E-state index in [1.807, 2.05) is 0 Å². The van der Waals surface area contributed by atoms with Gasteiger partial charge in [-0.15, -0.1) is 0 Å². The van der Waals surface area contributed by atoms with Crippen molar-refractivity contribution in [3.8, 4) is 0 Å². The highest BCUT2D eigenvalue weighted by Crippen LogP contribution is 2.19. The third-order valence-corrected chi connectivity index (χ3v) is 3.05. The SMILES string of the molecule is O=C(NC1CC1)C1CCCCCCN1. The van der Waals surface area contributed by atoms with E-state index in [-0.39, 0.29) is 11.9 Å². The van der Waals surface area contributed by atoms with Crippen LogP contribution in [0.5, 0.6) is 0 Å². The minimum atomic E-state index is 0.0795. The molecule has 2 aliphatic rings. The Morgan fingerprint density at radius 2 is 1.86 bits per heavy atom. The summed E-state index contributed by atoms with van der Waals surface area (Å²) in [5.74, 6) is 0.231. The molecule has 1 aliphatic carbocycles. The van der Waals surface area contributed by atoms with Gasteiger partial charge in [0.15, 0.2) is 0 Å². The Morgan fingerprint density at radius 1 is 1.07 bits per heavy atom. The van der Waals surface area contributed by atoms with Crippen molar-refractivity contribution in [3.05, 3.63) is 0 Å². The molecule has 0 radical (unpaired) electrons. The van der Waals surface area contributed by atoms with Crippen LogP contribution in [0.25, 0.3) is 0 Å². The van der Waals surface area contributed by atoms with Crippen LogP contribution in [0.3, 0.4) is 0 Å². The largest absolute Gasteiger partial charge is 0.352 e. The van der Waals surface area contributed by atoms with Crippen LogP contribution in [0.4, 0.5) is 0 Å². The smallest absolute Gasteiger partial charge is 0.237 e. The fourth-order valence-corrected chi connectivity index (χ4v) is 1.96. The molecule has 1 aliphatic heterocycles. The van der Waals surface area contributed by atoms with Gasteiger partial charge in [0.1, 0.15) is 0 Å². The summed E-state index contributed by atoms with van der Waals surface area (Å²) < 4.78 is 0. The van der Waals surface area contributed by atoms with Crippen molar-refractivity contribution in [1.82, 2.24) is 10.6 Å². The summed E-state index contributed by atoms with van der Waals surface area (Å²) in [7, 11) is 0. The number of amides is 1. The normalized spacial score (nSPS) is 29.0. The highest BCUT2D eigenvalue weighted by atomic mass is 16.2. The van der Waals surface area contributed by atoms with Crippen LogP contribution >= 0.6 is 0 Å². The summed E-state index contributed by atoms with van der Waals surface area (Å²) in [6, 6.07) is 0.575. The van der Waals surface area contributed by atoms with Gasteiger partial charge in [0.05, 0.1) is 6.04 Å². The van der Waals surface area contributed by atoms with Crippen molar-refractivity contribution in [1.29, 1.82) is 0 Å². The van der Waals surface area contributed by atoms with Crippen LogP contribution in [0.2, 0.25) is 0 Å². The molecule has 3 heteroatoms.